The van der Waals surface area contributed by atoms with Gasteiger partial charge < -0.3 is 20.1 Å². The molecule has 106 valence electrons. The van der Waals surface area contributed by atoms with E-state index in [2.05, 4.69) is 0 Å². The van der Waals surface area contributed by atoms with Crippen LogP contribution < -0.4 is 15.2 Å². The minimum atomic E-state index is -0.101. The summed E-state index contributed by atoms with van der Waals surface area (Å²) in [5.41, 5.74) is 6.05. The molecule has 1 aromatic carbocycles. The Morgan fingerprint density at radius 2 is 2.00 bits per heavy atom. The van der Waals surface area contributed by atoms with Crippen molar-refractivity contribution in [2.75, 3.05) is 27.3 Å². The summed E-state index contributed by atoms with van der Waals surface area (Å²) in [4.78, 5) is 14.3. The Morgan fingerprint density at radius 1 is 1.32 bits per heavy atom. The van der Waals surface area contributed by atoms with Gasteiger partial charge in [0.25, 0.3) is 5.91 Å². The normalized spacial score (nSPS) is 10.4. The lowest BCUT2D eigenvalue weighted by molar-refractivity contribution is 0.0708. The Kier molecular flexibility index (Phi) is 5.63. The number of nitrogens with two attached hydrogens (primary N) is 1. The van der Waals surface area contributed by atoms with Crippen molar-refractivity contribution in [3.63, 3.8) is 0 Å². The van der Waals surface area contributed by atoms with Gasteiger partial charge in [0.1, 0.15) is 11.5 Å². The topological polar surface area (TPSA) is 64.8 Å². The average molecular weight is 266 g/mol. The number of rotatable bonds is 6. The lowest BCUT2D eigenvalue weighted by Crippen LogP contribution is -2.40. The highest BCUT2D eigenvalue weighted by Crippen LogP contribution is 2.25. The molecule has 2 N–H and O–H groups in total. The zero-order valence-electron chi connectivity index (χ0n) is 12.0. The molecule has 0 radical (unpaired) electrons. The summed E-state index contributed by atoms with van der Waals surface area (Å²) in [5, 5.41) is 0. The maximum absolute atomic E-state index is 12.6. The van der Waals surface area contributed by atoms with E-state index >= 15 is 0 Å². The molecule has 1 rings (SSSR count). The SMILES string of the molecule is COc1ccc(OC)c(C(=O)N(CCN)C(C)C)c1. The number of benzene rings is 1. The number of hydrogen-bond acceptors (Lipinski definition) is 4. The first-order valence-corrected chi connectivity index (χ1v) is 6.28. The molecule has 0 aliphatic carbocycles. The van der Waals surface area contributed by atoms with Gasteiger partial charge in [0, 0.05) is 19.1 Å². The molecule has 0 aliphatic rings. The van der Waals surface area contributed by atoms with Crippen molar-refractivity contribution in [3.05, 3.63) is 23.8 Å². The van der Waals surface area contributed by atoms with E-state index in [4.69, 9.17) is 15.2 Å². The minimum Gasteiger partial charge on any atom is -0.497 e. The van der Waals surface area contributed by atoms with Crippen LogP contribution >= 0.6 is 0 Å². The molecule has 5 nitrogen and oxygen atoms in total. The van der Waals surface area contributed by atoms with E-state index < -0.39 is 0 Å². The van der Waals surface area contributed by atoms with Crippen LogP contribution in [0.2, 0.25) is 0 Å². The quantitative estimate of drug-likeness (QED) is 0.847. The van der Waals surface area contributed by atoms with Gasteiger partial charge in [-0.3, -0.25) is 4.79 Å². The molecule has 0 aliphatic heterocycles. The molecule has 0 bridgehead atoms. The molecule has 0 heterocycles. The molecule has 1 amide bonds. The molecule has 0 saturated heterocycles. The summed E-state index contributed by atoms with van der Waals surface area (Å²) in [6, 6.07) is 5.25. The molecule has 0 fully saturated rings. The predicted molar refractivity (Wildman–Crippen MR) is 74.8 cm³/mol. The molecule has 0 spiro atoms. The van der Waals surface area contributed by atoms with Crippen molar-refractivity contribution >= 4 is 5.91 Å². The van der Waals surface area contributed by atoms with Crippen LogP contribution in [0.4, 0.5) is 0 Å². The van der Waals surface area contributed by atoms with E-state index in [9.17, 15) is 4.79 Å². The lowest BCUT2D eigenvalue weighted by atomic mass is 10.1. The largest absolute Gasteiger partial charge is 0.497 e. The smallest absolute Gasteiger partial charge is 0.258 e. The van der Waals surface area contributed by atoms with Crippen molar-refractivity contribution in [2.24, 2.45) is 5.73 Å². The van der Waals surface area contributed by atoms with Crippen LogP contribution in [0.5, 0.6) is 11.5 Å². The average Bonchev–Trinajstić information content (AvgIpc) is 2.42. The van der Waals surface area contributed by atoms with Gasteiger partial charge in [-0.15, -0.1) is 0 Å². The van der Waals surface area contributed by atoms with Gasteiger partial charge in [0.2, 0.25) is 0 Å². The van der Waals surface area contributed by atoms with Crippen LogP contribution in [0, 0.1) is 0 Å². The van der Waals surface area contributed by atoms with Crippen molar-refractivity contribution in [2.45, 2.75) is 19.9 Å². The lowest BCUT2D eigenvalue weighted by Gasteiger charge is -2.27. The van der Waals surface area contributed by atoms with Gasteiger partial charge in [-0.25, -0.2) is 0 Å². The van der Waals surface area contributed by atoms with Crippen LogP contribution in [0.3, 0.4) is 0 Å². The summed E-state index contributed by atoms with van der Waals surface area (Å²) in [7, 11) is 3.11. The van der Waals surface area contributed by atoms with Gasteiger partial charge in [0.15, 0.2) is 0 Å². The first kappa shape index (κ1) is 15.3. The van der Waals surface area contributed by atoms with E-state index in [1.807, 2.05) is 13.8 Å². The fraction of sp³-hybridized carbons (Fsp3) is 0.500. The summed E-state index contributed by atoms with van der Waals surface area (Å²) in [5.74, 6) is 1.06. The second-order valence-electron chi connectivity index (χ2n) is 4.45. The van der Waals surface area contributed by atoms with E-state index in [0.29, 0.717) is 30.2 Å². The molecule has 1 aromatic rings. The Labute approximate surface area is 114 Å². The number of carbonyl (C=O) groups is 1. The monoisotopic (exact) mass is 266 g/mol. The van der Waals surface area contributed by atoms with Crippen molar-refractivity contribution in [3.8, 4) is 11.5 Å². The summed E-state index contributed by atoms with van der Waals surface area (Å²) < 4.78 is 10.4. The Hall–Kier alpha value is -1.75. The van der Waals surface area contributed by atoms with E-state index in [0.717, 1.165) is 0 Å². The summed E-state index contributed by atoms with van der Waals surface area (Å²) in [6.45, 7) is 4.85. The number of ether oxygens (including phenoxy) is 2. The first-order valence-electron chi connectivity index (χ1n) is 6.28. The van der Waals surface area contributed by atoms with Crippen LogP contribution in [-0.4, -0.2) is 44.2 Å². The second-order valence-corrected chi connectivity index (χ2v) is 4.45. The summed E-state index contributed by atoms with van der Waals surface area (Å²) >= 11 is 0. The van der Waals surface area contributed by atoms with Crippen molar-refractivity contribution in [1.82, 2.24) is 4.90 Å². The minimum absolute atomic E-state index is 0.0759. The third kappa shape index (κ3) is 3.61. The summed E-state index contributed by atoms with van der Waals surface area (Å²) in [6.07, 6.45) is 0. The van der Waals surface area contributed by atoms with Crippen LogP contribution in [0.15, 0.2) is 18.2 Å². The zero-order chi connectivity index (χ0) is 14.4. The highest BCUT2D eigenvalue weighted by atomic mass is 16.5. The molecule has 5 heteroatoms. The fourth-order valence-corrected chi connectivity index (χ4v) is 1.87. The standard InChI is InChI=1S/C14H22N2O3/c1-10(2)16(8-7-15)14(17)12-9-11(18-3)5-6-13(12)19-4/h5-6,9-10H,7-8,15H2,1-4H3. The Balaban J connectivity index is 3.14. The maximum Gasteiger partial charge on any atom is 0.258 e. The van der Waals surface area contributed by atoms with Crippen LogP contribution in [0.25, 0.3) is 0 Å². The number of methoxy groups -OCH3 is 2. The number of nitrogens with zero attached hydrogens (tertiary/aromatic N) is 1. The molecule has 0 unspecified atom stereocenters. The third-order valence-corrected chi connectivity index (χ3v) is 2.89. The van der Waals surface area contributed by atoms with Gasteiger partial charge in [-0.05, 0) is 32.0 Å². The molecule has 0 atom stereocenters. The predicted octanol–water partition coefficient (Wildman–Crippen LogP) is 1.51. The highest BCUT2D eigenvalue weighted by molar-refractivity contribution is 5.97. The third-order valence-electron chi connectivity index (χ3n) is 2.89. The highest BCUT2D eigenvalue weighted by Gasteiger charge is 2.22. The fourth-order valence-electron chi connectivity index (χ4n) is 1.87. The van der Waals surface area contributed by atoms with Gasteiger partial charge in [-0.2, -0.15) is 0 Å². The maximum atomic E-state index is 12.6. The number of carbonyl (C=O) groups excluding carboxylic acids is 1. The van der Waals surface area contributed by atoms with E-state index in [1.54, 1.807) is 37.3 Å². The molecule has 0 saturated carbocycles. The van der Waals surface area contributed by atoms with E-state index in [1.165, 1.54) is 0 Å². The molecule has 19 heavy (non-hydrogen) atoms. The molecule has 0 aromatic heterocycles. The van der Waals surface area contributed by atoms with Crippen molar-refractivity contribution in [1.29, 1.82) is 0 Å². The van der Waals surface area contributed by atoms with Gasteiger partial charge >= 0.3 is 0 Å². The molecular formula is C14H22N2O3. The Morgan fingerprint density at radius 3 is 2.47 bits per heavy atom. The number of amides is 1. The first-order chi connectivity index (χ1) is 9.04. The zero-order valence-corrected chi connectivity index (χ0v) is 12.0. The second kappa shape index (κ2) is 6.99. The Bertz CT molecular complexity index is 433. The number of hydrogen-bond donors (Lipinski definition) is 1. The van der Waals surface area contributed by atoms with Crippen LogP contribution in [-0.2, 0) is 0 Å². The van der Waals surface area contributed by atoms with Crippen LogP contribution in [0.1, 0.15) is 24.2 Å². The molecular weight excluding hydrogens is 244 g/mol. The van der Waals surface area contributed by atoms with Crippen molar-refractivity contribution < 1.29 is 14.3 Å². The van der Waals surface area contributed by atoms with Gasteiger partial charge in [0.05, 0.1) is 19.8 Å². The van der Waals surface area contributed by atoms with Gasteiger partial charge in [-0.1, -0.05) is 0 Å². The van der Waals surface area contributed by atoms with E-state index in [-0.39, 0.29) is 11.9 Å².